The fourth-order valence-electron chi connectivity index (χ4n) is 1.93. The van der Waals surface area contributed by atoms with Crippen LogP contribution in [-0.2, 0) is 9.59 Å². The van der Waals surface area contributed by atoms with Crippen molar-refractivity contribution in [3.05, 3.63) is 0 Å². The van der Waals surface area contributed by atoms with Crippen molar-refractivity contribution >= 4 is 11.8 Å². The van der Waals surface area contributed by atoms with E-state index in [1.165, 1.54) is 0 Å². The molecular formula is C15H30N2O3. The summed E-state index contributed by atoms with van der Waals surface area (Å²) < 4.78 is 0. The first-order valence-corrected chi connectivity index (χ1v) is 7.61. The summed E-state index contributed by atoms with van der Waals surface area (Å²) in [6, 6.07) is 0. The van der Waals surface area contributed by atoms with Crippen molar-refractivity contribution in [3.8, 4) is 0 Å². The van der Waals surface area contributed by atoms with Crippen molar-refractivity contribution in [3.63, 3.8) is 0 Å². The van der Waals surface area contributed by atoms with E-state index in [0.717, 1.165) is 32.2 Å². The minimum absolute atomic E-state index is 0.0580. The minimum atomic E-state index is 0.0580. The normalized spacial score (nSPS) is 10.7. The van der Waals surface area contributed by atoms with Gasteiger partial charge >= 0.3 is 0 Å². The number of carbonyl (C=O) groups is 2. The third-order valence-electron chi connectivity index (χ3n) is 3.17. The Labute approximate surface area is 122 Å². The molecule has 0 aromatic rings. The fraction of sp³-hybridized carbons (Fsp3) is 0.867. The van der Waals surface area contributed by atoms with Gasteiger partial charge in [0.25, 0.3) is 0 Å². The van der Waals surface area contributed by atoms with E-state index < -0.39 is 0 Å². The Morgan fingerprint density at radius 3 is 2.35 bits per heavy atom. The number of hydrogen-bond acceptors (Lipinski definition) is 3. The third-order valence-corrected chi connectivity index (χ3v) is 3.17. The van der Waals surface area contributed by atoms with Gasteiger partial charge in [-0.15, -0.1) is 0 Å². The Balaban J connectivity index is 3.44. The Kier molecular flexibility index (Phi) is 11.1. The molecule has 0 unspecified atom stereocenters. The Morgan fingerprint density at radius 2 is 1.75 bits per heavy atom. The van der Waals surface area contributed by atoms with Gasteiger partial charge in [0.05, 0.1) is 0 Å². The molecule has 0 aliphatic carbocycles. The van der Waals surface area contributed by atoms with Crippen molar-refractivity contribution in [1.82, 2.24) is 10.2 Å². The summed E-state index contributed by atoms with van der Waals surface area (Å²) in [5.41, 5.74) is 0. The van der Waals surface area contributed by atoms with Crippen LogP contribution in [0.1, 0.15) is 52.4 Å². The number of unbranched alkanes of at least 4 members (excludes halogenated alkanes) is 3. The first-order chi connectivity index (χ1) is 9.49. The topological polar surface area (TPSA) is 69.6 Å². The number of hydrogen-bond donors (Lipinski definition) is 2. The largest absolute Gasteiger partial charge is 0.396 e. The summed E-state index contributed by atoms with van der Waals surface area (Å²) >= 11 is 0. The average molecular weight is 286 g/mol. The van der Waals surface area contributed by atoms with Gasteiger partial charge in [0, 0.05) is 39.1 Å². The van der Waals surface area contributed by atoms with E-state index in [1.807, 2.05) is 20.9 Å². The highest BCUT2D eigenvalue weighted by molar-refractivity contribution is 5.77. The summed E-state index contributed by atoms with van der Waals surface area (Å²) in [6.45, 7) is 5.28. The first kappa shape index (κ1) is 18.9. The smallest absolute Gasteiger partial charge is 0.224 e. The maximum Gasteiger partial charge on any atom is 0.224 e. The van der Waals surface area contributed by atoms with Gasteiger partial charge in [-0.25, -0.2) is 0 Å². The molecule has 0 bridgehead atoms. The van der Waals surface area contributed by atoms with Crippen LogP contribution in [0.4, 0.5) is 0 Å². The lowest BCUT2D eigenvalue weighted by molar-refractivity contribution is -0.133. The van der Waals surface area contributed by atoms with Gasteiger partial charge in [-0.05, 0) is 19.3 Å². The number of nitrogens with one attached hydrogen (secondary N) is 1. The zero-order valence-corrected chi connectivity index (χ0v) is 13.2. The second kappa shape index (κ2) is 11.7. The maximum absolute atomic E-state index is 11.6. The number of carbonyl (C=O) groups excluding carboxylic acids is 2. The highest BCUT2D eigenvalue weighted by Gasteiger charge is 2.11. The van der Waals surface area contributed by atoms with Crippen LogP contribution in [0.25, 0.3) is 0 Å². The quantitative estimate of drug-likeness (QED) is 0.566. The molecule has 2 amide bonds. The van der Waals surface area contributed by atoms with E-state index in [4.69, 9.17) is 5.11 Å². The lowest BCUT2D eigenvalue weighted by atomic mass is 10.1. The van der Waals surface area contributed by atoms with E-state index >= 15 is 0 Å². The van der Waals surface area contributed by atoms with E-state index in [-0.39, 0.29) is 24.3 Å². The lowest BCUT2D eigenvalue weighted by Crippen LogP contribution is -2.31. The van der Waals surface area contributed by atoms with Crippen LogP contribution in [0.5, 0.6) is 0 Å². The fourth-order valence-corrected chi connectivity index (χ4v) is 1.93. The molecule has 0 aliphatic heterocycles. The Hall–Kier alpha value is -1.10. The van der Waals surface area contributed by atoms with Crippen molar-refractivity contribution in [2.45, 2.75) is 52.4 Å². The highest BCUT2D eigenvalue weighted by Crippen LogP contribution is 2.06. The number of aliphatic hydroxyl groups is 1. The number of nitrogens with zero attached hydrogens (tertiary/aromatic N) is 1. The molecule has 0 saturated heterocycles. The summed E-state index contributed by atoms with van der Waals surface area (Å²) in [6.07, 6.45) is 5.08. The monoisotopic (exact) mass is 286 g/mol. The van der Waals surface area contributed by atoms with Gasteiger partial charge < -0.3 is 15.3 Å². The van der Waals surface area contributed by atoms with Crippen LogP contribution in [0.3, 0.4) is 0 Å². The number of amides is 2. The van der Waals surface area contributed by atoms with Crippen molar-refractivity contribution in [1.29, 1.82) is 0 Å². The van der Waals surface area contributed by atoms with Crippen LogP contribution in [0.2, 0.25) is 0 Å². The number of rotatable bonds is 11. The van der Waals surface area contributed by atoms with Gasteiger partial charge in [0.1, 0.15) is 0 Å². The molecule has 0 heterocycles. The molecule has 20 heavy (non-hydrogen) atoms. The third kappa shape index (κ3) is 9.78. The summed E-state index contributed by atoms with van der Waals surface area (Å²) in [5, 5.41) is 11.4. The molecule has 0 aromatic heterocycles. The standard InChI is InChI=1S/C15H30N2O3/c1-13(2)15(20)17(3)11-7-5-4-6-9-14(19)16-10-8-12-18/h13,18H,4-12H2,1-3H3,(H,16,19). The molecule has 2 N–H and O–H groups in total. The van der Waals surface area contributed by atoms with E-state index in [0.29, 0.717) is 19.4 Å². The van der Waals surface area contributed by atoms with Crippen molar-refractivity contribution < 1.29 is 14.7 Å². The Morgan fingerprint density at radius 1 is 1.10 bits per heavy atom. The molecule has 5 nitrogen and oxygen atoms in total. The van der Waals surface area contributed by atoms with Gasteiger partial charge in [-0.2, -0.15) is 0 Å². The van der Waals surface area contributed by atoms with Crippen LogP contribution in [-0.4, -0.2) is 48.6 Å². The summed E-state index contributed by atoms with van der Waals surface area (Å²) in [7, 11) is 1.84. The van der Waals surface area contributed by atoms with Gasteiger partial charge in [0.2, 0.25) is 11.8 Å². The summed E-state index contributed by atoms with van der Waals surface area (Å²) in [4.78, 5) is 24.8. The predicted octanol–water partition coefficient (Wildman–Crippen LogP) is 1.55. The van der Waals surface area contributed by atoms with Crippen molar-refractivity contribution in [2.24, 2.45) is 5.92 Å². The molecule has 0 aliphatic rings. The maximum atomic E-state index is 11.6. The van der Waals surface area contributed by atoms with E-state index in [1.54, 1.807) is 4.90 Å². The van der Waals surface area contributed by atoms with Crippen LogP contribution >= 0.6 is 0 Å². The summed E-state index contributed by atoms with van der Waals surface area (Å²) in [5.74, 6) is 0.307. The molecule has 0 radical (unpaired) electrons. The highest BCUT2D eigenvalue weighted by atomic mass is 16.3. The van der Waals surface area contributed by atoms with Crippen molar-refractivity contribution in [2.75, 3.05) is 26.7 Å². The SMILES string of the molecule is CC(C)C(=O)N(C)CCCCCCC(=O)NCCCO. The zero-order valence-electron chi connectivity index (χ0n) is 13.2. The minimum Gasteiger partial charge on any atom is -0.396 e. The molecule has 118 valence electrons. The molecule has 5 heteroatoms. The second-order valence-electron chi connectivity index (χ2n) is 5.51. The molecule has 0 spiro atoms. The van der Waals surface area contributed by atoms with Crippen LogP contribution in [0, 0.1) is 5.92 Å². The van der Waals surface area contributed by atoms with Crippen LogP contribution in [0.15, 0.2) is 0 Å². The molecule has 0 aromatic carbocycles. The molecule has 0 saturated carbocycles. The first-order valence-electron chi connectivity index (χ1n) is 7.61. The second-order valence-corrected chi connectivity index (χ2v) is 5.51. The van der Waals surface area contributed by atoms with Crippen LogP contribution < -0.4 is 5.32 Å². The lowest BCUT2D eigenvalue weighted by Gasteiger charge is -2.19. The van der Waals surface area contributed by atoms with E-state index in [9.17, 15) is 9.59 Å². The van der Waals surface area contributed by atoms with Gasteiger partial charge in [0.15, 0.2) is 0 Å². The molecule has 0 fully saturated rings. The van der Waals surface area contributed by atoms with Gasteiger partial charge in [-0.3, -0.25) is 9.59 Å². The van der Waals surface area contributed by atoms with Gasteiger partial charge in [-0.1, -0.05) is 26.7 Å². The van der Waals surface area contributed by atoms with E-state index in [2.05, 4.69) is 5.32 Å². The molecule has 0 rings (SSSR count). The molecular weight excluding hydrogens is 256 g/mol. The Bertz CT molecular complexity index is 280. The number of aliphatic hydroxyl groups excluding tert-OH is 1. The molecule has 0 atom stereocenters. The average Bonchev–Trinajstić information content (AvgIpc) is 2.41. The predicted molar refractivity (Wildman–Crippen MR) is 80.3 cm³/mol. The zero-order chi connectivity index (χ0) is 15.4.